The second kappa shape index (κ2) is 14.8. The Labute approximate surface area is 271 Å². The topological polar surface area (TPSA) is 125 Å². The lowest BCUT2D eigenvalue weighted by molar-refractivity contribution is -0.140. The van der Waals surface area contributed by atoms with Gasteiger partial charge in [0.2, 0.25) is 11.8 Å². The van der Waals surface area contributed by atoms with Gasteiger partial charge in [-0.25, -0.2) is 0 Å². The number of carbonyl (C=O) groups is 4. The van der Waals surface area contributed by atoms with E-state index in [1.165, 1.54) is 0 Å². The number of likely N-dealkylation sites (N-methyl/N-ethyl adjacent to an activating group) is 1. The third kappa shape index (κ3) is 6.73. The molecule has 12 nitrogen and oxygen atoms in total. The van der Waals surface area contributed by atoms with Crippen molar-refractivity contribution in [2.75, 3.05) is 60.6 Å². The molecule has 2 N–H and O–H groups in total. The van der Waals surface area contributed by atoms with Crippen molar-refractivity contribution in [2.24, 2.45) is 13.0 Å². The summed E-state index contributed by atoms with van der Waals surface area (Å²) in [6.45, 7) is 4.21. The fourth-order valence-electron chi connectivity index (χ4n) is 7.36. The van der Waals surface area contributed by atoms with Crippen LogP contribution in [0.5, 0.6) is 5.75 Å². The summed E-state index contributed by atoms with van der Waals surface area (Å²) in [5.41, 5.74) is 1.47. The molecule has 1 saturated carbocycles. The van der Waals surface area contributed by atoms with Gasteiger partial charge in [0.05, 0.1) is 36.9 Å². The van der Waals surface area contributed by atoms with Crippen molar-refractivity contribution in [1.82, 2.24) is 29.9 Å². The third-order valence-corrected chi connectivity index (χ3v) is 10.2. The van der Waals surface area contributed by atoms with Crippen molar-refractivity contribution in [3.63, 3.8) is 0 Å². The molecule has 4 amide bonds. The summed E-state index contributed by atoms with van der Waals surface area (Å²) >= 11 is 0. The largest absolute Gasteiger partial charge is 0.497 e. The predicted molar refractivity (Wildman–Crippen MR) is 175 cm³/mol. The fourth-order valence-corrected chi connectivity index (χ4v) is 7.36. The van der Waals surface area contributed by atoms with Gasteiger partial charge in [-0.3, -0.25) is 19.2 Å². The van der Waals surface area contributed by atoms with Crippen LogP contribution in [0.3, 0.4) is 0 Å². The van der Waals surface area contributed by atoms with Crippen LogP contribution in [0, 0.1) is 5.92 Å². The number of piperazine rings is 1. The van der Waals surface area contributed by atoms with Gasteiger partial charge in [-0.2, -0.15) is 0 Å². The Balaban J connectivity index is 1.38. The molecule has 1 aromatic carbocycles. The van der Waals surface area contributed by atoms with Gasteiger partial charge >= 0.3 is 0 Å². The highest BCUT2D eigenvalue weighted by Crippen LogP contribution is 2.33. The van der Waals surface area contributed by atoms with E-state index in [1.807, 2.05) is 30.1 Å². The summed E-state index contributed by atoms with van der Waals surface area (Å²) in [6.07, 6.45) is 6.81. The van der Waals surface area contributed by atoms with Crippen molar-refractivity contribution in [3.05, 3.63) is 29.5 Å². The average Bonchev–Trinajstić information content (AvgIpc) is 3.68. The van der Waals surface area contributed by atoms with Crippen LogP contribution in [0.15, 0.2) is 18.2 Å². The molecule has 5 rings (SSSR count). The minimum absolute atomic E-state index is 0.0442. The molecule has 12 heteroatoms. The molecule has 0 bridgehead atoms. The quantitative estimate of drug-likeness (QED) is 0.410. The van der Waals surface area contributed by atoms with Crippen molar-refractivity contribution >= 4 is 34.5 Å². The maximum Gasteiger partial charge on any atom is 0.271 e. The number of nitrogens with one attached hydrogen (secondary N) is 2. The van der Waals surface area contributed by atoms with E-state index in [4.69, 9.17) is 9.47 Å². The highest BCUT2D eigenvalue weighted by Gasteiger charge is 2.39. The van der Waals surface area contributed by atoms with Gasteiger partial charge in [-0.15, -0.1) is 0 Å². The molecular formula is C34H50N6O6. The number of carbonyl (C=O) groups excluding carboxylic acids is 4. The van der Waals surface area contributed by atoms with Crippen LogP contribution in [0.4, 0.5) is 0 Å². The monoisotopic (exact) mass is 638 g/mol. The van der Waals surface area contributed by atoms with E-state index in [1.54, 1.807) is 42.6 Å². The molecule has 3 atom stereocenters. The summed E-state index contributed by atoms with van der Waals surface area (Å²) in [7, 11) is 6.77. The number of hydrogen-bond acceptors (Lipinski definition) is 7. The van der Waals surface area contributed by atoms with E-state index in [2.05, 4.69) is 10.6 Å². The van der Waals surface area contributed by atoms with E-state index in [0.717, 1.165) is 50.5 Å². The number of fused-ring (bicyclic) bond motifs is 1. The number of benzene rings is 1. The van der Waals surface area contributed by atoms with Gasteiger partial charge in [0.1, 0.15) is 17.5 Å². The fraction of sp³-hybridized carbons (Fsp3) is 0.647. The van der Waals surface area contributed by atoms with Gasteiger partial charge in [-0.05, 0) is 57.7 Å². The zero-order valence-electron chi connectivity index (χ0n) is 28.0. The van der Waals surface area contributed by atoms with Crippen LogP contribution < -0.4 is 15.4 Å². The Morgan fingerprint density at radius 3 is 2.26 bits per heavy atom. The van der Waals surface area contributed by atoms with Crippen molar-refractivity contribution in [1.29, 1.82) is 0 Å². The van der Waals surface area contributed by atoms with Crippen LogP contribution in [0.2, 0.25) is 0 Å². The zero-order valence-corrected chi connectivity index (χ0v) is 28.0. The Hall–Kier alpha value is -3.64. The number of aryl methyl sites for hydroxylation is 1. The summed E-state index contributed by atoms with van der Waals surface area (Å²) in [6, 6.07) is 4.49. The summed E-state index contributed by atoms with van der Waals surface area (Å²) in [4.78, 5) is 60.6. The molecule has 2 aliphatic heterocycles. The maximum atomic E-state index is 14.3. The highest BCUT2D eigenvalue weighted by atomic mass is 16.5. The SMILES string of the molecule is CNC(C)C(=O)N[C@H](C(=O)N1CCN(C(=O)c2c(C(=O)N3CCCC3COC)c3ccc(OC)cc3n2C)CC1)C1CCCCC1. The van der Waals surface area contributed by atoms with E-state index < -0.39 is 12.1 Å². The van der Waals surface area contributed by atoms with Gasteiger partial charge in [0, 0.05) is 58.3 Å². The number of ether oxygens (including phenoxy) is 2. The van der Waals surface area contributed by atoms with E-state index in [0.29, 0.717) is 61.7 Å². The molecule has 1 aromatic heterocycles. The maximum absolute atomic E-state index is 14.3. The Bertz CT molecular complexity index is 1430. The lowest BCUT2D eigenvalue weighted by Gasteiger charge is -2.39. The third-order valence-electron chi connectivity index (χ3n) is 10.2. The highest BCUT2D eigenvalue weighted by molar-refractivity contribution is 6.16. The van der Waals surface area contributed by atoms with E-state index in [-0.39, 0.29) is 35.6 Å². The molecule has 2 unspecified atom stereocenters. The van der Waals surface area contributed by atoms with Crippen LogP contribution in [0.25, 0.3) is 10.9 Å². The number of hydrogen-bond donors (Lipinski definition) is 2. The zero-order chi connectivity index (χ0) is 33.0. The molecule has 0 spiro atoms. The van der Waals surface area contributed by atoms with Crippen molar-refractivity contribution in [2.45, 2.75) is 70.0 Å². The number of amides is 4. The second-order valence-electron chi connectivity index (χ2n) is 12.9. The van der Waals surface area contributed by atoms with E-state index >= 15 is 0 Å². The Morgan fingerprint density at radius 1 is 0.913 bits per heavy atom. The number of rotatable bonds is 10. The smallest absolute Gasteiger partial charge is 0.271 e. The minimum Gasteiger partial charge on any atom is -0.497 e. The Morgan fingerprint density at radius 2 is 1.61 bits per heavy atom. The van der Waals surface area contributed by atoms with Crippen LogP contribution in [-0.4, -0.2) is 122 Å². The van der Waals surface area contributed by atoms with Crippen molar-refractivity contribution in [3.8, 4) is 5.75 Å². The van der Waals surface area contributed by atoms with Crippen LogP contribution in [0.1, 0.15) is 72.7 Å². The van der Waals surface area contributed by atoms with Gasteiger partial charge in [0.15, 0.2) is 0 Å². The molecule has 3 heterocycles. The summed E-state index contributed by atoms with van der Waals surface area (Å²) < 4.78 is 12.7. The van der Waals surface area contributed by atoms with Crippen LogP contribution >= 0.6 is 0 Å². The molecule has 3 aliphatic rings. The first-order valence-electron chi connectivity index (χ1n) is 16.7. The minimum atomic E-state index is -0.580. The van der Waals surface area contributed by atoms with Crippen molar-refractivity contribution < 1.29 is 28.7 Å². The first kappa shape index (κ1) is 33.7. The normalized spacial score (nSPS) is 20.5. The van der Waals surface area contributed by atoms with Crippen LogP contribution in [-0.2, 0) is 21.4 Å². The molecule has 1 aliphatic carbocycles. The first-order chi connectivity index (χ1) is 22.2. The molecule has 3 fully saturated rings. The summed E-state index contributed by atoms with van der Waals surface area (Å²) in [5, 5.41) is 6.71. The molecule has 46 heavy (non-hydrogen) atoms. The second-order valence-corrected chi connectivity index (χ2v) is 12.9. The first-order valence-corrected chi connectivity index (χ1v) is 16.7. The Kier molecular flexibility index (Phi) is 10.9. The number of nitrogens with zero attached hydrogens (tertiary/aromatic N) is 4. The standard InChI is InChI=1S/C34H50N6O6/c1-22(35-2)31(41)36-29(23-10-7-6-8-11-23)33(43)38-16-18-39(19-17-38)34(44)30-28(32(42)40-15-9-12-24(40)21-45-4)26-14-13-25(46-5)20-27(26)37(30)3/h13-14,20,22-24,29,35H,6-12,15-19,21H2,1-5H3,(H,36,41)/t22?,24?,29-/m0/s1. The van der Waals surface area contributed by atoms with Gasteiger partial charge in [-0.1, -0.05) is 19.3 Å². The predicted octanol–water partition coefficient (Wildman–Crippen LogP) is 2.40. The molecule has 2 aromatic rings. The molecule has 0 radical (unpaired) electrons. The summed E-state index contributed by atoms with van der Waals surface area (Å²) in [5.74, 6) is 0.0603. The van der Waals surface area contributed by atoms with Gasteiger partial charge in [0.25, 0.3) is 11.8 Å². The molecule has 252 valence electrons. The average molecular weight is 639 g/mol. The van der Waals surface area contributed by atoms with Gasteiger partial charge < -0.3 is 39.4 Å². The van der Waals surface area contributed by atoms with E-state index in [9.17, 15) is 19.2 Å². The molecule has 2 saturated heterocycles. The lowest BCUT2D eigenvalue weighted by atomic mass is 9.83. The number of likely N-dealkylation sites (tertiary alicyclic amines) is 1. The molecular weight excluding hydrogens is 588 g/mol. The number of aromatic nitrogens is 1. The number of methoxy groups -OCH3 is 2. The lowest BCUT2D eigenvalue weighted by Crippen LogP contribution is -2.59.